The smallest absolute Gasteiger partial charge is 0.271 e. The summed E-state index contributed by atoms with van der Waals surface area (Å²) in [7, 11) is 0. The summed E-state index contributed by atoms with van der Waals surface area (Å²) in [6, 6.07) is 18.0. The van der Waals surface area contributed by atoms with Gasteiger partial charge in [-0.1, -0.05) is 30.7 Å². The molecule has 1 amide bonds. The van der Waals surface area contributed by atoms with Crippen molar-refractivity contribution < 1.29 is 18.7 Å². The Hall–Kier alpha value is -3.38. The predicted octanol–water partition coefficient (Wildman–Crippen LogP) is 5.61. The third-order valence-corrected chi connectivity index (χ3v) is 4.47. The van der Waals surface area contributed by atoms with Gasteiger partial charge in [-0.25, -0.2) is 9.82 Å². The molecular weight excluding hydrogens is 419 g/mol. The van der Waals surface area contributed by atoms with Gasteiger partial charge in [0.1, 0.15) is 23.9 Å². The molecule has 31 heavy (non-hydrogen) atoms. The van der Waals surface area contributed by atoms with E-state index in [-0.39, 0.29) is 18.3 Å². The van der Waals surface area contributed by atoms with Crippen LogP contribution < -0.4 is 14.9 Å². The number of amides is 1. The molecule has 5 nitrogen and oxygen atoms in total. The average Bonchev–Trinajstić information content (AvgIpc) is 2.78. The van der Waals surface area contributed by atoms with Gasteiger partial charge in [0.05, 0.1) is 12.8 Å². The number of rotatable bonds is 9. The molecule has 1 N–H and O–H groups in total. The van der Waals surface area contributed by atoms with Crippen LogP contribution in [0.5, 0.6) is 11.5 Å². The lowest BCUT2D eigenvalue weighted by atomic mass is 10.2. The van der Waals surface area contributed by atoms with Crippen LogP contribution >= 0.6 is 11.6 Å². The van der Waals surface area contributed by atoms with E-state index in [1.165, 1.54) is 18.3 Å². The largest absolute Gasteiger partial charge is 0.494 e. The molecule has 0 radical (unpaired) electrons. The molecule has 0 saturated heterocycles. The van der Waals surface area contributed by atoms with E-state index in [0.717, 1.165) is 12.0 Å². The van der Waals surface area contributed by atoms with Crippen LogP contribution in [0.4, 0.5) is 4.39 Å². The minimum absolute atomic E-state index is 0.252. The van der Waals surface area contributed by atoms with Gasteiger partial charge < -0.3 is 9.47 Å². The molecule has 0 saturated carbocycles. The number of hydrazone groups is 1. The second-order valence-corrected chi connectivity index (χ2v) is 7.11. The summed E-state index contributed by atoms with van der Waals surface area (Å²) in [6.45, 7) is 2.90. The van der Waals surface area contributed by atoms with E-state index in [1.807, 2.05) is 6.92 Å². The number of carbonyl (C=O) groups excluding carboxylic acids is 1. The van der Waals surface area contributed by atoms with Crippen LogP contribution in [0.25, 0.3) is 0 Å². The van der Waals surface area contributed by atoms with Gasteiger partial charge in [-0.05, 0) is 66.6 Å². The molecule has 0 aliphatic carbocycles. The van der Waals surface area contributed by atoms with Crippen molar-refractivity contribution in [2.24, 2.45) is 5.10 Å². The van der Waals surface area contributed by atoms with E-state index in [4.69, 9.17) is 21.1 Å². The van der Waals surface area contributed by atoms with Gasteiger partial charge in [0, 0.05) is 16.1 Å². The lowest BCUT2D eigenvalue weighted by Gasteiger charge is -2.10. The highest BCUT2D eigenvalue weighted by Crippen LogP contribution is 2.22. The highest BCUT2D eigenvalue weighted by atomic mass is 35.5. The van der Waals surface area contributed by atoms with Crippen molar-refractivity contribution in [3.63, 3.8) is 0 Å². The zero-order valence-electron chi connectivity index (χ0n) is 17.0. The monoisotopic (exact) mass is 440 g/mol. The molecule has 3 aromatic carbocycles. The topological polar surface area (TPSA) is 59.9 Å². The van der Waals surface area contributed by atoms with E-state index in [0.29, 0.717) is 34.3 Å². The molecule has 3 rings (SSSR count). The van der Waals surface area contributed by atoms with E-state index < -0.39 is 0 Å². The Balaban J connectivity index is 1.62. The van der Waals surface area contributed by atoms with Crippen molar-refractivity contribution in [3.05, 3.63) is 94.3 Å². The molecule has 0 aromatic heterocycles. The van der Waals surface area contributed by atoms with Gasteiger partial charge in [-0.2, -0.15) is 5.10 Å². The summed E-state index contributed by atoms with van der Waals surface area (Å²) in [5.41, 5.74) is 4.36. The quantitative estimate of drug-likeness (QED) is 0.347. The number of halogens is 2. The lowest BCUT2D eigenvalue weighted by molar-refractivity contribution is 0.0955. The summed E-state index contributed by atoms with van der Waals surface area (Å²) in [5.74, 6) is 0.587. The first-order chi connectivity index (χ1) is 15.0. The Morgan fingerprint density at radius 3 is 2.52 bits per heavy atom. The highest BCUT2D eigenvalue weighted by Gasteiger charge is 2.07. The van der Waals surface area contributed by atoms with Crippen molar-refractivity contribution in [1.29, 1.82) is 0 Å². The van der Waals surface area contributed by atoms with Gasteiger partial charge in [0.2, 0.25) is 0 Å². The number of carbonyl (C=O) groups is 1. The van der Waals surface area contributed by atoms with E-state index >= 15 is 0 Å². The van der Waals surface area contributed by atoms with Crippen LogP contribution in [0, 0.1) is 5.82 Å². The van der Waals surface area contributed by atoms with Gasteiger partial charge in [-0.3, -0.25) is 4.79 Å². The Morgan fingerprint density at radius 1 is 1.06 bits per heavy atom. The average molecular weight is 441 g/mol. The molecule has 0 aliphatic heterocycles. The van der Waals surface area contributed by atoms with Gasteiger partial charge in [-0.15, -0.1) is 0 Å². The van der Waals surface area contributed by atoms with Crippen LogP contribution in [0.15, 0.2) is 71.8 Å². The lowest BCUT2D eigenvalue weighted by Crippen LogP contribution is -2.17. The Kier molecular flexibility index (Phi) is 8.01. The van der Waals surface area contributed by atoms with E-state index in [2.05, 4.69) is 10.5 Å². The zero-order valence-corrected chi connectivity index (χ0v) is 17.7. The van der Waals surface area contributed by atoms with E-state index in [1.54, 1.807) is 54.6 Å². The maximum Gasteiger partial charge on any atom is 0.271 e. The fourth-order valence-corrected chi connectivity index (χ4v) is 2.82. The first kappa shape index (κ1) is 22.3. The number of hydrogen-bond acceptors (Lipinski definition) is 4. The van der Waals surface area contributed by atoms with Crippen LogP contribution in [-0.2, 0) is 6.61 Å². The molecule has 0 atom stereocenters. The summed E-state index contributed by atoms with van der Waals surface area (Å²) in [6.07, 6.45) is 2.37. The number of benzene rings is 3. The summed E-state index contributed by atoms with van der Waals surface area (Å²) < 4.78 is 24.4. The minimum Gasteiger partial charge on any atom is -0.494 e. The number of nitrogens with zero attached hydrogens (tertiary/aromatic N) is 1. The first-order valence-electron chi connectivity index (χ1n) is 9.78. The second kappa shape index (κ2) is 11.1. The normalized spacial score (nSPS) is 10.8. The number of ether oxygens (including phenoxy) is 2. The molecule has 160 valence electrons. The number of hydrogen-bond donors (Lipinski definition) is 1. The SMILES string of the molecule is CCCOc1ccc(C(=O)N/N=C\c2cc(Cl)ccc2OCc2ccc(F)cc2)cc1. The molecular formula is C24H22ClFN2O3. The van der Waals surface area contributed by atoms with Crippen molar-refractivity contribution in [3.8, 4) is 11.5 Å². The third kappa shape index (κ3) is 6.83. The molecule has 0 aliphatic rings. The summed E-state index contributed by atoms with van der Waals surface area (Å²) in [4.78, 5) is 12.3. The Labute approximate surface area is 185 Å². The van der Waals surface area contributed by atoms with Crippen molar-refractivity contribution in [2.75, 3.05) is 6.61 Å². The minimum atomic E-state index is -0.353. The fourth-order valence-electron chi connectivity index (χ4n) is 2.64. The van der Waals surface area contributed by atoms with Crippen molar-refractivity contribution in [2.45, 2.75) is 20.0 Å². The van der Waals surface area contributed by atoms with Crippen molar-refractivity contribution in [1.82, 2.24) is 5.43 Å². The van der Waals surface area contributed by atoms with Gasteiger partial charge in [0.15, 0.2) is 0 Å². The third-order valence-electron chi connectivity index (χ3n) is 4.24. The molecule has 0 bridgehead atoms. The summed E-state index contributed by atoms with van der Waals surface area (Å²) >= 11 is 6.08. The molecule has 3 aromatic rings. The maximum atomic E-state index is 13.0. The molecule has 0 unspecified atom stereocenters. The molecule has 0 heterocycles. The fraction of sp³-hybridized carbons (Fsp3) is 0.167. The standard InChI is InChI=1S/C24H22ClFN2O3/c1-2-13-30-22-10-5-18(6-11-22)24(29)28-27-15-19-14-20(25)7-12-23(19)31-16-17-3-8-21(26)9-4-17/h3-12,14-15H,2,13,16H2,1H3,(H,28,29)/b27-15-. The van der Waals surface area contributed by atoms with Gasteiger partial charge >= 0.3 is 0 Å². The zero-order chi connectivity index (χ0) is 22.1. The van der Waals surface area contributed by atoms with Crippen LogP contribution in [0.3, 0.4) is 0 Å². The van der Waals surface area contributed by atoms with Gasteiger partial charge in [0.25, 0.3) is 5.91 Å². The molecule has 0 fully saturated rings. The van der Waals surface area contributed by atoms with Crippen LogP contribution in [0.1, 0.15) is 34.8 Å². The first-order valence-corrected chi connectivity index (χ1v) is 10.2. The molecule has 0 spiro atoms. The Bertz CT molecular complexity index is 1040. The predicted molar refractivity (Wildman–Crippen MR) is 119 cm³/mol. The van der Waals surface area contributed by atoms with Crippen LogP contribution in [0.2, 0.25) is 5.02 Å². The second-order valence-electron chi connectivity index (χ2n) is 6.67. The van der Waals surface area contributed by atoms with Crippen molar-refractivity contribution >= 4 is 23.7 Å². The maximum absolute atomic E-state index is 13.0. The number of nitrogens with one attached hydrogen (secondary N) is 1. The highest BCUT2D eigenvalue weighted by molar-refractivity contribution is 6.30. The van der Waals surface area contributed by atoms with E-state index in [9.17, 15) is 9.18 Å². The van der Waals surface area contributed by atoms with Crippen LogP contribution in [-0.4, -0.2) is 18.7 Å². The summed E-state index contributed by atoms with van der Waals surface area (Å²) in [5, 5.41) is 4.52. The molecule has 7 heteroatoms. The Morgan fingerprint density at radius 2 is 1.81 bits per heavy atom.